The van der Waals surface area contributed by atoms with Gasteiger partial charge in [-0.1, -0.05) is 0 Å². The molecule has 0 aromatic carbocycles. The van der Waals surface area contributed by atoms with Gasteiger partial charge in [0, 0.05) is 25.2 Å². The van der Waals surface area contributed by atoms with Gasteiger partial charge in [0.05, 0.1) is 24.9 Å². The monoisotopic (exact) mass is 282 g/mol. The van der Waals surface area contributed by atoms with Gasteiger partial charge in [0.1, 0.15) is 0 Å². The SMILES string of the molecule is CC1CN(C(=O)CN2C3CCC2CC(O)C3)CC(C)O1. The van der Waals surface area contributed by atoms with Gasteiger partial charge in [-0.15, -0.1) is 0 Å². The maximum atomic E-state index is 12.5. The van der Waals surface area contributed by atoms with Crippen LogP contribution in [0.15, 0.2) is 0 Å². The van der Waals surface area contributed by atoms with E-state index in [1.54, 1.807) is 0 Å². The van der Waals surface area contributed by atoms with Crippen LogP contribution < -0.4 is 0 Å². The van der Waals surface area contributed by atoms with E-state index in [2.05, 4.69) is 4.90 Å². The van der Waals surface area contributed by atoms with Crippen LogP contribution in [-0.2, 0) is 9.53 Å². The third kappa shape index (κ3) is 2.85. The van der Waals surface area contributed by atoms with Crippen LogP contribution in [0.25, 0.3) is 0 Å². The molecule has 3 aliphatic heterocycles. The number of ether oxygens (including phenoxy) is 1. The second-order valence-electron chi connectivity index (χ2n) is 6.74. The first-order chi connectivity index (χ1) is 9.52. The van der Waals surface area contributed by atoms with Crippen LogP contribution in [0, 0.1) is 0 Å². The van der Waals surface area contributed by atoms with Crippen LogP contribution in [0.5, 0.6) is 0 Å². The Balaban J connectivity index is 1.59. The molecule has 5 heteroatoms. The Morgan fingerprint density at radius 1 is 1.15 bits per heavy atom. The van der Waals surface area contributed by atoms with Gasteiger partial charge in [0.25, 0.3) is 0 Å². The van der Waals surface area contributed by atoms with Gasteiger partial charge in [-0.05, 0) is 39.5 Å². The molecule has 2 bridgehead atoms. The van der Waals surface area contributed by atoms with E-state index in [0.717, 1.165) is 25.7 Å². The van der Waals surface area contributed by atoms with Gasteiger partial charge >= 0.3 is 0 Å². The average molecular weight is 282 g/mol. The number of fused-ring (bicyclic) bond motifs is 2. The van der Waals surface area contributed by atoms with Gasteiger partial charge < -0.3 is 14.7 Å². The molecule has 4 unspecified atom stereocenters. The van der Waals surface area contributed by atoms with Crippen LogP contribution in [0.4, 0.5) is 0 Å². The Morgan fingerprint density at radius 2 is 1.70 bits per heavy atom. The van der Waals surface area contributed by atoms with Crippen molar-refractivity contribution in [2.45, 2.75) is 69.9 Å². The van der Waals surface area contributed by atoms with E-state index in [1.807, 2.05) is 18.7 Å². The number of morpholine rings is 1. The molecule has 1 amide bonds. The summed E-state index contributed by atoms with van der Waals surface area (Å²) in [5, 5.41) is 9.82. The quantitative estimate of drug-likeness (QED) is 0.806. The number of nitrogens with zero attached hydrogens (tertiary/aromatic N) is 2. The van der Waals surface area contributed by atoms with Gasteiger partial charge in [-0.25, -0.2) is 0 Å². The molecule has 0 saturated carbocycles. The fourth-order valence-corrected chi connectivity index (χ4v) is 4.14. The molecule has 0 aromatic heterocycles. The summed E-state index contributed by atoms with van der Waals surface area (Å²) in [6.45, 7) is 5.97. The summed E-state index contributed by atoms with van der Waals surface area (Å²) in [6.07, 6.45) is 4.02. The summed E-state index contributed by atoms with van der Waals surface area (Å²) in [5.41, 5.74) is 0. The van der Waals surface area contributed by atoms with Crippen molar-refractivity contribution in [1.82, 2.24) is 9.80 Å². The lowest BCUT2D eigenvalue weighted by atomic mass is 10.00. The highest BCUT2D eigenvalue weighted by atomic mass is 16.5. The molecule has 0 radical (unpaired) electrons. The van der Waals surface area contributed by atoms with E-state index in [9.17, 15) is 9.90 Å². The highest BCUT2D eigenvalue weighted by molar-refractivity contribution is 5.78. The number of amides is 1. The highest BCUT2D eigenvalue weighted by Gasteiger charge is 2.41. The maximum Gasteiger partial charge on any atom is 0.236 e. The topological polar surface area (TPSA) is 53.0 Å². The number of piperidine rings is 1. The van der Waals surface area contributed by atoms with Crippen LogP contribution >= 0.6 is 0 Å². The van der Waals surface area contributed by atoms with Gasteiger partial charge in [0.2, 0.25) is 5.91 Å². The molecule has 20 heavy (non-hydrogen) atoms. The molecule has 0 spiro atoms. The van der Waals surface area contributed by atoms with Crippen molar-refractivity contribution in [3.8, 4) is 0 Å². The van der Waals surface area contributed by atoms with E-state index < -0.39 is 0 Å². The third-order valence-electron chi connectivity index (χ3n) is 4.95. The zero-order valence-electron chi connectivity index (χ0n) is 12.5. The standard InChI is InChI=1S/C15H26N2O3/c1-10-7-16(8-11(2)20-10)15(19)9-17-12-3-4-13(17)6-14(18)5-12/h10-14,18H,3-9H2,1-2H3. The molecule has 1 N–H and O–H groups in total. The van der Waals surface area contributed by atoms with Crippen molar-refractivity contribution in [2.24, 2.45) is 0 Å². The Morgan fingerprint density at radius 3 is 2.25 bits per heavy atom. The molecule has 3 fully saturated rings. The first-order valence-electron chi connectivity index (χ1n) is 7.90. The molecule has 114 valence electrons. The minimum absolute atomic E-state index is 0.127. The van der Waals surface area contributed by atoms with Gasteiger partial charge in [-0.2, -0.15) is 0 Å². The number of hydrogen-bond acceptors (Lipinski definition) is 4. The largest absolute Gasteiger partial charge is 0.393 e. The summed E-state index contributed by atoms with van der Waals surface area (Å²) >= 11 is 0. The van der Waals surface area contributed by atoms with E-state index in [0.29, 0.717) is 31.7 Å². The lowest BCUT2D eigenvalue weighted by Crippen LogP contribution is -2.54. The molecular formula is C15H26N2O3. The minimum Gasteiger partial charge on any atom is -0.393 e. The van der Waals surface area contributed by atoms with Crippen LogP contribution in [0.3, 0.4) is 0 Å². The molecule has 5 nitrogen and oxygen atoms in total. The van der Waals surface area contributed by atoms with E-state index in [-0.39, 0.29) is 24.2 Å². The molecule has 3 rings (SSSR count). The summed E-state index contributed by atoms with van der Waals surface area (Å²) in [6, 6.07) is 0.812. The van der Waals surface area contributed by atoms with Crippen molar-refractivity contribution < 1.29 is 14.6 Å². The lowest BCUT2D eigenvalue weighted by Gasteiger charge is -2.40. The van der Waals surface area contributed by atoms with E-state index >= 15 is 0 Å². The smallest absolute Gasteiger partial charge is 0.236 e. The van der Waals surface area contributed by atoms with Gasteiger partial charge in [-0.3, -0.25) is 9.69 Å². The third-order valence-corrected chi connectivity index (χ3v) is 4.95. The summed E-state index contributed by atoms with van der Waals surface area (Å²) < 4.78 is 5.68. The summed E-state index contributed by atoms with van der Waals surface area (Å²) in [5.74, 6) is 0.222. The van der Waals surface area contributed by atoms with Crippen LogP contribution in [0.2, 0.25) is 0 Å². The van der Waals surface area contributed by atoms with Gasteiger partial charge in [0.15, 0.2) is 0 Å². The van der Waals surface area contributed by atoms with Crippen molar-refractivity contribution in [3.05, 3.63) is 0 Å². The predicted molar refractivity (Wildman–Crippen MR) is 75.3 cm³/mol. The van der Waals surface area contributed by atoms with Crippen molar-refractivity contribution in [2.75, 3.05) is 19.6 Å². The Kier molecular flexibility index (Phi) is 4.02. The molecule has 0 aromatic rings. The highest BCUT2D eigenvalue weighted by Crippen LogP contribution is 2.35. The Hall–Kier alpha value is -0.650. The lowest BCUT2D eigenvalue weighted by molar-refractivity contribution is -0.145. The average Bonchev–Trinajstić information content (AvgIpc) is 2.60. The first kappa shape index (κ1) is 14.3. The zero-order valence-corrected chi connectivity index (χ0v) is 12.5. The second kappa shape index (κ2) is 5.62. The van der Waals surface area contributed by atoms with E-state index in [4.69, 9.17) is 4.74 Å². The van der Waals surface area contributed by atoms with E-state index in [1.165, 1.54) is 0 Å². The Bertz CT molecular complexity index is 352. The number of carbonyl (C=O) groups excluding carboxylic acids is 1. The number of aliphatic hydroxyl groups is 1. The van der Waals surface area contributed by atoms with Crippen LogP contribution in [-0.4, -0.2) is 70.8 Å². The van der Waals surface area contributed by atoms with Crippen molar-refractivity contribution >= 4 is 5.91 Å². The molecule has 3 heterocycles. The molecular weight excluding hydrogens is 256 g/mol. The number of aliphatic hydroxyl groups excluding tert-OH is 1. The molecule has 0 aliphatic carbocycles. The maximum absolute atomic E-state index is 12.5. The van der Waals surface area contributed by atoms with Crippen molar-refractivity contribution in [1.29, 1.82) is 0 Å². The Labute approximate surface area is 120 Å². The summed E-state index contributed by atoms with van der Waals surface area (Å²) in [7, 11) is 0. The predicted octanol–water partition coefficient (Wildman–Crippen LogP) is 0.610. The number of carbonyl (C=O) groups is 1. The molecule has 4 atom stereocenters. The van der Waals surface area contributed by atoms with Crippen LogP contribution in [0.1, 0.15) is 39.5 Å². The summed E-state index contributed by atoms with van der Waals surface area (Å²) in [4.78, 5) is 16.8. The fraction of sp³-hybridized carbons (Fsp3) is 0.933. The number of rotatable bonds is 2. The molecule has 3 aliphatic rings. The minimum atomic E-state index is -0.165. The van der Waals surface area contributed by atoms with Crippen molar-refractivity contribution in [3.63, 3.8) is 0 Å². The zero-order chi connectivity index (χ0) is 14.3. The second-order valence-corrected chi connectivity index (χ2v) is 6.74. The fourth-order valence-electron chi connectivity index (χ4n) is 4.14. The first-order valence-corrected chi connectivity index (χ1v) is 7.90. The number of hydrogen-bond donors (Lipinski definition) is 1. The molecule has 3 saturated heterocycles. The normalized spacial score (nSPS) is 42.0.